The maximum absolute atomic E-state index is 13.9. The van der Waals surface area contributed by atoms with Crippen LogP contribution in [-0.2, 0) is 12.7 Å². The maximum atomic E-state index is 13.9. The number of aromatic nitrogens is 2. The molecule has 0 unspecified atom stereocenters. The number of nitrogen functional groups attached to an aromatic ring is 1. The molecule has 2 amide bonds. The minimum atomic E-state index is -4.55. The Morgan fingerprint density at radius 2 is 1.68 bits per heavy atom. The number of hydrogen-bond donors (Lipinski definition) is 3. The van der Waals surface area contributed by atoms with Crippen molar-refractivity contribution in [1.82, 2.24) is 19.8 Å². The normalized spacial score (nSPS) is 14.9. The van der Waals surface area contributed by atoms with Gasteiger partial charge < -0.3 is 21.1 Å². The van der Waals surface area contributed by atoms with E-state index in [0.29, 0.717) is 30.6 Å². The Bertz CT molecular complexity index is 1240. The van der Waals surface area contributed by atoms with Gasteiger partial charge in [0, 0.05) is 62.4 Å². The summed E-state index contributed by atoms with van der Waals surface area (Å²) in [5, 5.41) is 5.08. The Labute approximate surface area is 218 Å². The first kappa shape index (κ1) is 27.1. The van der Waals surface area contributed by atoms with E-state index < -0.39 is 17.8 Å². The van der Waals surface area contributed by atoms with Crippen LogP contribution in [0.5, 0.6) is 11.6 Å². The van der Waals surface area contributed by atoms with Crippen LogP contribution in [0.4, 0.5) is 35.3 Å². The number of rotatable bonds is 7. The molecule has 1 saturated heterocycles. The molecule has 2 aromatic carbocycles. The zero-order chi connectivity index (χ0) is 27.3. The Morgan fingerprint density at radius 3 is 2.32 bits per heavy atom. The Morgan fingerprint density at radius 1 is 1.03 bits per heavy atom. The van der Waals surface area contributed by atoms with Gasteiger partial charge in [0.05, 0.1) is 5.56 Å². The number of nitrogens with two attached hydrogens (primary N) is 1. The van der Waals surface area contributed by atoms with Gasteiger partial charge in [-0.2, -0.15) is 18.2 Å². The third kappa shape index (κ3) is 7.33. The third-order valence-corrected chi connectivity index (χ3v) is 6.19. The number of benzene rings is 2. The second-order valence-corrected chi connectivity index (χ2v) is 9.23. The molecule has 1 aliphatic heterocycles. The van der Waals surface area contributed by atoms with Gasteiger partial charge in [0.15, 0.2) is 0 Å². The Hall–Kier alpha value is -3.90. The number of anilines is 3. The van der Waals surface area contributed by atoms with Crippen LogP contribution < -0.4 is 21.1 Å². The highest BCUT2D eigenvalue weighted by molar-refractivity contribution is 5.99. The summed E-state index contributed by atoms with van der Waals surface area (Å²) in [6.07, 6.45) is -3.09. The molecule has 0 spiro atoms. The number of amides is 2. The minimum absolute atomic E-state index is 0.0458. The molecular formula is C26H30F3N7O2. The largest absolute Gasteiger partial charge is 0.439 e. The van der Waals surface area contributed by atoms with Gasteiger partial charge in [0.2, 0.25) is 11.8 Å². The van der Waals surface area contributed by atoms with E-state index in [1.54, 1.807) is 30.3 Å². The van der Waals surface area contributed by atoms with Crippen LogP contribution in [0.25, 0.3) is 0 Å². The summed E-state index contributed by atoms with van der Waals surface area (Å²) in [6, 6.07) is 11.6. The molecule has 0 saturated carbocycles. The van der Waals surface area contributed by atoms with Gasteiger partial charge in [-0.15, -0.1) is 0 Å². The van der Waals surface area contributed by atoms with Crippen molar-refractivity contribution in [1.29, 1.82) is 0 Å². The molecule has 0 radical (unpaired) electrons. The molecule has 4 rings (SSSR count). The highest BCUT2D eigenvalue weighted by Gasteiger charge is 2.34. The Balaban J connectivity index is 1.37. The van der Waals surface area contributed by atoms with E-state index in [1.807, 2.05) is 4.90 Å². The molecule has 9 nitrogen and oxygen atoms in total. The van der Waals surface area contributed by atoms with Gasteiger partial charge in [-0.3, -0.25) is 9.80 Å². The molecule has 202 valence electrons. The predicted molar refractivity (Wildman–Crippen MR) is 139 cm³/mol. The van der Waals surface area contributed by atoms with Gasteiger partial charge in [-0.1, -0.05) is 6.07 Å². The van der Waals surface area contributed by atoms with Crippen LogP contribution in [0.1, 0.15) is 25.0 Å². The number of alkyl halides is 3. The van der Waals surface area contributed by atoms with Crippen molar-refractivity contribution in [3.63, 3.8) is 0 Å². The zero-order valence-corrected chi connectivity index (χ0v) is 21.1. The SMILES string of the molecule is CC(C)N1CCN(Cc2ccc(NC(=O)Nc3ccc(Oc4ccnc(N)n4)cc3)cc2C(F)(F)F)CC1. The molecule has 0 atom stereocenters. The number of nitrogens with zero attached hydrogens (tertiary/aromatic N) is 4. The molecule has 3 aromatic rings. The highest BCUT2D eigenvalue weighted by Crippen LogP contribution is 2.34. The minimum Gasteiger partial charge on any atom is -0.439 e. The number of urea groups is 1. The Kier molecular flexibility index (Phi) is 8.32. The summed E-state index contributed by atoms with van der Waals surface area (Å²) in [5.41, 5.74) is 5.42. The molecule has 4 N–H and O–H groups in total. The summed E-state index contributed by atoms with van der Waals surface area (Å²) in [6.45, 7) is 7.47. The van der Waals surface area contributed by atoms with Gasteiger partial charge in [-0.25, -0.2) is 9.78 Å². The summed E-state index contributed by atoms with van der Waals surface area (Å²) >= 11 is 0. The van der Waals surface area contributed by atoms with Crippen LogP contribution in [0.3, 0.4) is 0 Å². The number of hydrogen-bond acceptors (Lipinski definition) is 7. The second kappa shape index (κ2) is 11.7. The number of nitrogens with one attached hydrogen (secondary N) is 2. The van der Waals surface area contributed by atoms with Crippen LogP contribution in [0.2, 0.25) is 0 Å². The van der Waals surface area contributed by atoms with Gasteiger partial charge >= 0.3 is 12.2 Å². The topological polar surface area (TPSA) is 109 Å². The van der Waals surface area contributed by atoms with E-state index in [-0.39, 0.29) is 29.6 Å². The van der Waals surface area contributed by atoms with Crippen LogP contribution in [-0.4, -0.2) is 58.0 Å². The molecule has 1 aromatic heterocycles. The smallest absolute Gasteiger partial charge is 0.416 e. The lowest BCUT2D eigenvalue weighted by Crippen LogP contribution is -2.48. The van der Waals surface area contributed by atoms with E-state index in [2.05, 4.69) is 39.3 Å². The maximum Gasteiger partial charge on any atom is 0.416 e. The van der Waals surface area contributed by atoms with Crippen molar-refractivity contribution >= 4 is 23.4 Å². The average molecular weight is 530 g/mol. The lowest BCUT2D eigenvalue weighted by atomic mass is 10.0. The first-order chi connectivity index (χ1) is 18.1. The van der Waals surface area contributed by atoms with E-state index in [1.165, 1.54) is 18.3 Å². The van der Waals surface area contributed by atoms with Gasteiger partial charge in [0.25, 0.3) is 0 Å². The molecule has 12 heteroatoms. The number of halogens is 3. The standard InChI is InChI=1S/C26H30F3N7O2/c1-17(2)36-13-11-35(12-14-36)16-18-3-4-20(15-22(18)26(27,28)29)33-25(37)32-19-5-7-21(8-6-19)38-23-9-10-31-24(30)34-23/h3-10,15,17H,11-14,16H2,1-2H3,(H2,30,31,34)(H2,32,33,37). The van der Waals surface area contributed by atoms with Crippen molar-refractivity contribution < 1.29 is 22.7 Å². The first-order valence-electron chi connectivity index (χ1n) is 12.2. The van der Waals surface area contributed by atoms with E-state index in [9.17, 15) is 18.0 Å². The second-order valence-electron chi connectivity index (χ2n) is 9.23. The van der Waals surface area contributed by atoms with Crippen molar-refractivity contribution in [3.05, 3.63) is 65.9 Å². The van der Waals surface area contributed by atoms with E-state index in [4.69, 9.17) is 10.5 Å². The number of piperazine rings is 1. The third-order valence-electron chi connectivity index (χ3n) is 6.19. The summed E-state index contributed by atoms with van der Waals surface area (Å²) in [5.74, 6) is 0.784. The van der Waals surface area contributed by atoms with Crippen molar-refractivity contribution in [2.45, 2.75) is 32.6 Å². The molecule has 38 heavy (non-hydrogen) atoms. The van der Waals surface area contributed by atoms with Crippen molar-refractivity contribution in [2.24, 2.45) is 0 Å². The fourth-order valence-electron chi connectivity index (χ4n) is 4.17. The lowest BCUT2D eigenvalue weighted by molar-refractivity contribution is -0.138. The summed E-state index contributed by atoms with van der Waals surface area (Å²) < 4.78 is 47.2. The lowest BCUT2D eigenvalue weighted by Gasteiger charge is -2.37. The molecule has 1 aliphatic rings. The van der Waals surface area contributed by atoms with Crippen LogP contribution >= 0.6 is 0 Å². The van der Waals surface area contributed by atoms with E-state index in [0.717, 1.165) is 19.2 Å². The summed E-state index contributed by atoms with van der Waals surface area (Å²) in [4.78, 5) is 24.5. The monoisotopic (exact) mass is 529 g/mol. The zero-order valence-electron chi connectivity index (χ0n) is 21.1. The summed E-state index contributed by atoms with van der Waals surface area (Å²) in [7, 11) is 0. The molecule has 2 heterocycles. The number of carbonyl (C=O) groups is 1. The number of carbonyl (C=O) groups excluding carboxylic acids is 1. The van der Waals surface area contributed by atoms with Crippen molar-refractivity contribution in [2.75, 3.05) is 42.5 Å². The first-order valence-corrected chi connectivity index (χ1v) is 12.2. The molecule has 1 fully saturated rings. The molecule has 0 bridgehead atoms. The fraction of sp³-hybridized carbons (Fsp3) is 0.346. The van der Waals surface area contributed by atoms with Crippen LogP contribution in [0, 0.1) is 0 Å². The predicted octanol–water partition coefficient (Wildman–Crippen LogP) is 5.04. The van der Waals surface area contributed by atoms with Gasteiger partial charge in [-0.05, 0) is 55.8 Å². The quantitative estimate of drug-likeness (QED) is 0.394. The number of ether oxygens (including phenoxy) is 1. The van der Waals surface area contributed by atoms with Crippen LogP contribution in [0.15, 0.2) is 54.7 Å². The fourth-order valence-corrected chi connectivity index (χ4v) is 4.17. The highest BCUT2D eigenvalue weighted by atomic mass is 19.4. The van der Waals surface area contributed by atoms with E-state index >= 15 is 0 Å². The molecule has 0 aliphatic carbocycles. The molecular weight excluding hydrogens is 499 g/mol. The average Bonchev–Trinajstić information content (AvgIpc) is 2.86. The van der Waals surface area contributed by atoms with Crippen molar-refractivity contribution in [3.8, 4) is 11.6 Å². The van der Waals surface area contributed by atoms with Gasteiger partial charge in [0.1, 0.15) is 5.75 Å².